The van der Waals surface area contributed by atoms with E-state index in [1.165, 1.54) is 16.0 Å². The summed E-state index contributed by atoms with van der Waals surface area (Å²) < 4.78 is 0. The van der Waals surface area contributed by atoms with E-state index in [1.54, 1.807) is 0 Å². The van der Waals surface area contributed by atoms with Gasteiger partial charge >= 0.3 is 0 Å². The molecule has 0 saturated heterocycles. The number of hydrogen-bond donors (Lipinski definition) is 2. The van der Waals surface area contributed by atoms with E-state index in [2.05, 4.69) is 49.7 Å². The zero-order chi connectivity index (χ0) is 13.9. The molecule has 19 heavy (non-hydrogen) atoms. The van der Waals surface area contributed by atoms with E-state index in [0.29, 0.717) is 0 Å². The number of nitrogen functional groups attached to an aromatic ring is 1. The van der Waals surface area contributed by atoms with Gasteiger partial charge in [0, 0.05) is 29.1 Å². The highest BCUT2D eigenvalue weighted by Gasteiger charge is 2.19. The first-order valence-corrected chi connectivity index (χ1v) is 7.47. The van der Waals surface area contributed by atoms with Crippen molar-refractivity contribution in [3.8, 4) is 0 Å². The van der Waals surface area contributed by atoms with Crippen LogP contribution in [0.2, 0.25) is 0 Å². The largest absolute Gasteiger partial charge is 0.399 e. The first-order chi connectivity index (χ1) is 8.99. The minimum absolute atomic E-state index is 0.110. The van der Waals surface area contributed by atoms with Crippen LogP contribution in [-0.4, -0.2) is 6.54 Å². The van der Waals surface area contributed by atoms with Crippen LogP contribution in [-0.2, 0) is 12.0 Å². The van der Waals surface area contributed by atoms with Gasteiger partial charge in [-0.3, -0.25) is 0 Å². The highest BCUT2D eigenvalue weighted by molar-refractivity contribution is 7.10. The molecule has 0 bridgehead atoms. The van der Waals surface area contributed by atoms with E-state index in [-0.39, 0.29) is 5.41 Å². The molecule has 3 N–H and O–H groups in total. The standard InChI is InChI=1S/C16H22N2S/c1-12-8-9-19-15(12)10-18-11-16(2,3)13-4-6-14(17)7-5-13/h4-9,18H,10-11,17H2,1-3H3. The number of nitrogens with two attached hydrogens (primary N) is 1. The summed E-state index contributed by atoms with van der Waals surface area (Å²) in [4.78, 5) is 1.42. The number of hydrogen-bond acceptors (Lipinski definition) is 3. The van der Waals surface area contributed by atoms with Crippen molar-refractivity contribution < 1.29 is 0 Å². The zero-order valence-electron chi connectivity index (χ0n) is 11.9. The molecule has 1 aromatic carbocycles. The topological polar surface area (TPSA) is 38.0 Å². The molecule has 0 unspecified atom stereocenters. The SMILES string of the molecule is Cc1ccsc1CNCC(C)(C)c1ccc(N)cc1. The Kier molecular flexibility index (Phi) is 4.27. The van der Waals surface area contributed by atoms with Gasteiger partial charge in [0.25, 0.3) is 0 Å². The molecule has 0 aliphatic heterocycles. The van der Waals surface area contributed by atoms with Crippen LogP contribution < -0.4 is 11.1 Å². The van der Waals surface area contributed by atoms with Crippen LogP contribution in [0.15, 0.2) is 35.7 Å². The summed E-state index contributed by atoms with van der Waals surface area (Å²) in [7, 11) is 0. The molecule has 2 aromatic rings. The zero-order valence-corrected chi connectivity index (χ0v) is 12.7. The van der Waals surface area contributed by atoms with Gasteiger partial charge in [-0.2, -0.15) is 0 Å². The van der Waals surface area contributed by atoms with E-state index in [0.717, 1.165) is 18.8 Å². The predicted molar refractivity (Wildman–Crippen MR) is 84.6 cm³/mol. The maximum Gasteiger partial charge on any atom is 0.0314 e. The van der Waals surface area contributed by atoms with E-state index in [1.807, 2.05) is 23.5 Å². The molecule has 0 fully saturated rings. The van der Waals surface area contributed by atoms with Crippen molar-refractivity contribution in [1.82, 2.24) is 5.32 Å². The first-order valence-electron chi connectivity index (χ1n) is 6.59. The van der Waals surface area contributed by atoms with Crippen LogP contribution in [0.4, 0.5) is 5.69 Å². The first kappa shape index (κ1) is 14.1. The van der Waals surface area contributed by atoms with Crippen LogP contribution in [0, 0.1) is 6.92 Å². The lowest BCUT2D eigenvalue weighted by molar-refractivity contribution is 0.470. The summed E-state index contributed by atoms with van der Waals surface area (Å²) in [5.74, 6) is 0. The van der Waals surface area contributed by atoms with Gasteiger partial charge < -0.3 is 11.1 Å². The van der Waals surface area contributed by atoms with Crippen molar-refractivity contribution in [2.45, 2.75) is 32.7 Å². The molecule has 0 radical (unpaired) electrons. The summed E-state index contributed by atoms with van der Waals surface area (Å²) in [6.07, 6.45) is 0. The molecule has 0 atom stereocenters. The van der Waals surface area contributed by atoms with E-state index in [4.69, 9.17) is 5.73 Å². The average Bonchev–Trinajstić information content (AvgIpc) is 2.75. The van der Waals surface area contributed by atoms with Gasteiger partial charge in [-0.05, 0) is 41.6 Å². The highest BCUT2D eigenvalue weighted by Crippen LogP contribution is 2.23. The van der Waals surface area contributed by atoms with Crippen molar-refractivity contribution in [3.05, 3.63) is 51.7 Å². The van der Waals surface area contributed by atoms with Gasteiger partial charge in [0.2, 0.25) is 0 Å². The summed E-state index contributed by atoms with van der Waals surface area (Å²) in [6, 6.07) is 10.4. The molecular formula is C16H22N2S. The summed E-state index contributed by atoms with van der Waals surface area (Å²) in [6.45, 7) is 8.58. The Morgan fingerprint density at radius 1 is 1.16 bits per heavy atom. The maximum atomic E-state index is 5.74. The number of aryl methyl sites for hydroxylation is 1. The quantitative estimate of drug-likeness (QED) is 0.816. The Bertz CT molecular complexity index is 526. The molecule has 0 saturated carbocycles. The van der Waals surface area contributed by atoms with Crippen molar-refractivity contribution in [2.75, 3.05) is 12.3 Å². The monoisotopic (exact) mass is 274 g/mol. The average molecular weight is 274 g/mol. The van der Waals surface area contributed by atoms with Crippen LogP contribution in [0.3, 0.4) is 0 Å². The van der Waals surface area contributed by atoms with Gasteiger partial charge in [-0.1, -0.05) is 26.0 Å². The minimum atomic E-state index is 0.110. The summed E-state index contributed by atoms with van der Waals surface area (Å²) in [5.41, 5.74) is 9.36. The second-order valence-electron chi connectivity index (χ2n) is 5.64. The minimum Gasteiger partial charge on any atom is -0.399 e. The fraction of sp³-hybridized carbons (Fsp3) is 0.375. The maximum absolute atomic E-state index is 5.74. The van der Waals surface area contributed by atoms with Crippen LogP contribution in [0.1, 0.15) is 29.9 Å². The van der Waals surface area contributed by atoms with E-state index < -0.39 is 0 Å². The number of anilines is 1. The Labute approximate surface area is 119 Å². The van der Waals surface area contributed by atoms with Gasteiger partial charge in [-0.15, -0.1) is 11.3 Å². The molecule has 0 aliphatic carbocycles. The Hall–Kier alpha value is -1.32. The van der Waals surface area contributed by atoms with Crippen LogP contribution >= 0.6 is 11.3 Å². The summed E-state index contributed by atoms with van der Waals surface area (Å²) in [5, 5.41) is 5.71. The van der Waals surface area contributed by atoms with Gasteiger partial charge in [0.05, 0.1) is 0 Å². The molecular weight excluding hydrogens is 252 g/mol. The summed E-state index contributed by atoms with van der Waals surface area (Å²) >= 11 is 1.82. The molecule has 1 aromatic heterocycles. The lowest BCUT2D eigenvalue weighted by Gasteiger charge is -2.26. The fourth-order valence-electron chi connectivity index (χ4n) is 2.11. The molecule has 1 heterocycles. The molecule has 2 nitrogen and oxygen atoms in total. The van der Waals surface area contributed by atoms with Crippen molar-refractivity contribution in [3.63, 3.8) is 0 Å². The third kappa shape index (κ3) is 3.58. The van der Waals surface area contributed by atoms with Gasteiger partial charge in [-0.25, -0.2) is 0 Å². The van der Waals surface area contributed by atoms with Crippen molar-refractivity contribution in [2.24, 2.45) is 0 Å². The number of benzene rings is 1. The molecule has 0 aliphatic rings. The second-order valence-corrected chi connectivity index (χ2v) is 6.64. The Morgan fingerprint density at radius 3 is 2.42 bits per heavy atom. The third-order valence-electron chi connectivity index (χ3n) is 3.51. The van der Waals surface area contributed by atoms with E-state index >= 15 is 0 Å². The molecule has 3 heteroatoms. The predicted octanol–water partition coefficient (Wildman–Crippen LogP) is 3.71. The lowest BCUT2D eigenvalue weighted by atomic mass is 9.84. The van der Waals surface area contributed by atoms with E-state index in [9.17, 15) is 0 Å². The number of thiophene rings is 1. The van der Waals surface area contributed by atoms with Crippen molar-refractivity contribution >= 4 is 17.0 Å². The lowest BCUT2D eigenvalue weighted by Crippen LogP contribution is -2.32. The Balaban J connectivity index is 1.94. The second kappa shape index (κ2) is 5.76. The molecule has 2 rings (SSSR count). The highest BCUT2D eigenvalue weighted by atomic mass is 32.1. The van der Waals surface area contributed by atoms with Crippen LogP contribution in [0.5, 0.6) is 0 Å². The molecule has 0 amide bonds. The Morgan fingerprint density at radius 2 is 1.84 bits per heavy atom. The molecule has 0 spiro atoms. The van der Waals surface area contributed by atoms with Crippen molar-refractivity contribution in [1.29, 1.82) is 0 Å². The normalized spacial score (nSPS) is 11.7. The van der Waals surface area contributed by atoms with Gasteiger partial charge in [0.15, 0.2) is 0 Å². The molecule has 102 valence electrons. The number of rotatable bonds is 5. The van der Waals surface area contributed by atoms with Crippen LogP contribution in [0.25, 0.3) is 0 Å². The smallest absolute Gasteiger partial charge is 0.0314 e. The fourth-order valence-corrected chi connectivity index (χ4v) is 2.99. The number of nitrogens with one attached hydrogen (secondary N) is 1. The third-order valence-corrected chi connectivity index (χ3v) is 4.54. The van der Waals surface area contributed by atoms with Gasteiger partial charge in [0.1, 0.15) is 0 Å².